The molecule has 1 amide bonds. The molecule has 2 heterocycles. The highest BCUT2D eigenvalue weighted by molar-refractivity contribution is 9.10. The molecule has 2 rings (SSSR count). The molecule has 1 aromatic heterocycles. The number of rotatable bonds is 3. The molecule has 1 aliphatic rings. The Morgan fingerprint density at radius 1 is 1.42 bits per heavy atom. The van der Waals surface area contributed by atoms with E-state index in [9.17, 15) is 9.59 Å². The number of hydrogen-bond acceptors (Lipinski definition) is 5. The highest BCUT2D eigenvalue weighted by atomic mass is 79.9. The first-order valence-corrected chi connectivity index (χ1v) is 8.85. The number of aryl methyl sites for hydroxylation is 1. The summed E-state index contributed by atoms with van der Waals surface area (Å²) in [4.78, 5) is 29.7. The molecular weight excluding hydrogens is 374 g/mol. The molecule has 1 saturated heterocycles. The number of halogens is 1. The van der Waals surface area contributed by atoms with Crippen molar-refractivity contribution >= 4 is 34.0 Å². The zero-order valence-corrected chi connectivity index (χ0v) is 16.1. The van der Waals surface area contributed by atoms with Crippen molar-refractivity contribution in [2.45, 2.75) is 52.2 Å². The summed E-state index contributed by atoms with van der Waals surface area (Å²) in [5.41, 5.74) is 1.72. The minimum absolute atomic E-state index is 0.0810. The highest BCUT2D eigenvalue weighted by Crippen LogP contribution is 2.32. The molecule has 6 nitrogen and oxygen atoms in total. The lowest BCUT2D eigenvalue weighted by Crippen LogP contribution is -2.46. The van der Waals surface area contributed by atoms with Gasteiger partial charge in [-0.1, -0.05) is 0 Å². The summed E-state index contributed by atoms with van der Waals surface area (Å²) >= 11 is 3.49. The van der Waals surface area contributed by atoms with E-state index in [0.717, 1.165) is 48.1 Å². The lowest BCUT2D eigenvalue weighted by molar-refractivity contribution is 0.0497. The van der Waals surface area contributed by atoms with E-state index in [2.05, 4.69) is 31.1 Å². The van der Waals surface area contributed by atoms with E-state index in [1.54, 1.807) is 6.20 Å². The van der Waals surface area contributed by atoms with Gasteiger partial charge in [-0.25, -0.2) is 4.79 Å². The molecule has 1 fully saturated rings. The first-order valence-electron chi connectivity index (χ1n) is 8.06. The smallest absolute Gasteiger partial charge is 0.407 e. The largest absolute Gasteiger partial charge is 0.444 e. The van der Waals surface area contributed by atoms with Crippen LogP contribution in [0.2, 0.25) is 0 Å². The zero-order chi connectivity index (χ0) is 17.9. The average Bonchev–Trinajstić information content (AvgIpc) is 2.48. The number of pyridine rings is 1. The molecule has 0 spiro atoms. The first-order chi connectivity index (χ1) is 11.2. The number of aromatic nitrogens is 1. The molecule has 0 unspecified atom stereocenters. The van der Waals surface area contributed by atoms with Crippen molar-refractivity contribution in [2.75, 3.05) is 18.0 Å². The zero-order valence-electron chi connectivity index (χ0n) is 14.6. The van der Waals surface area contributed by atoms with E-state index >= 15 is 0 Å². The van der Waals surface area contributed by atoms with Gasteiger partial charge in [-0.05, 0) is 56.5 Å². The van der Waals surface area contributed by atoms with E-state index in [0.29, 0.717) is 5.56 Å². The topological polar surface area (TPSA) is 71.5 Å². The fraction of sp³-hybridized carbons (Fsp3) is 0.588. The fourth-order valence-electron chi connectivity index (χ4n) is 2.77. The van der Waals surface area contributed by atoms with Crippen LogP contribution in [0, 0.1) is 6.92 Å². The first kappa shape index (κ1) is 18.7. The molecule has 0 radical (unpaired) electrons. The highest BCUT2D eigenvalue weighted by Gasteiger charge is 2.26. The number of aldehydes is 1. The lowest BCUT2D eigenvalue weighted by atomic mass is 10.0. The molecule has 1 aliphatic heterocycles. The number of carbonyl (C=O) groups is 2. The lowest BCUT2D eigenvalue weighted by Gasteiger charge is -2.35. The van der Waals surface area contributed by atoms with Crippen molar-refractivity contribution in [3.8, 4) is 0 Å². The number of carbonyl (C=O) groups excluding carboxylic acids is 2. The molecule has 0 atom stereocenters. The summed E-state index contributed by atoms with van der Waals surface area (Å²) in [6, 6.07) is 0.0810. The number of nitrogens with one attached hydrogen (secondary N) is 1. The van der Waals surface area contributed by atoms with Crippen molar-refractivity contribution in [2.24, 2.45) is 0 Å². The van der Waals surface area contributed by atoms with Gasteiger partial charge in [-0.2, -0.15) is 0 Å². The standard InChI is InChI=1S/C17H24BrN3O3/c1-11-13(10-22)15(14(18)9-19-11)21-7-5-12(6-8-21)20-16(23)24-17(2,3)4/h9-10,12H,5-8H2,1-4H3,(H,20,23). The van der Waals surface area contributed by atoms with E-state index in [1.165, 1.54) is 0 Å². The number of piperidine rings is 1. The van der Waals surface area contributed by atoms with Gasteiger partial charge in [0.1, 0.15) is 5.60 Å². The van der Waals surface area contributed by atoms with Crippen LogP contribution in [0.15, 0.2) is 10.7 Å². The van der Waals surface area contributed by atoms with Crippen LogP contribution in [-0.2, 0) is 4.74 Å². The Bertz CT molecular complexity index is 620. The fourth-order valence-corrected chi connectivity index (χ4v) is 3.34. The van der Waals surface area contributed by atoms with Gasteiger partial charge in [0.2, 0.25) is 0 Å². The quantitative estimate of drug-likeness (QED) is 0.790. The average molecular weight is 398 g/mol. The normalized spacial score (nSPS) is 16.0. The molecule has 0 aliphatic carbocycles. The number of alkyl carbamates (subject to hydrolysis) is 1. The molecule has 7 heteroatoms. The number of nitrogens with zero attached hydrogens (tertiary/aromatic N) is 2. The van der Waals surface area contributed by atoms with Gasteiger partial charge in [0.05, 0.1) is 15.7 Å². The Kier molecular flexibility index (Phi) is 5.85. The second-order valence-electron chi connectivity index (χ2n) is 6.98. The van der Waals surface area contributed by atoms with Crippen LogP contribution in [0.4, 0.5) is 10.5 Å². The third-order valence-electron chi connectivity index (χ3n) is 3.89. The maximum absolute atomic E-state index is 11.9. The monoisotopic (exact) mass is 397 g/mol. The third kappa shape index (κ3) is 4.69. The van der Waals surface area contributed by atoms with Gasteiger partial charge in [0, 0.05) is 31.0 Å². The molecule has 24 heavy (non-hydrogen) atoms. The summed E-state index contributed by atoms with van der Waals surface area (Å²) in [5.74, 6) is 0. The van der Waals surface area contributed by atoms with E-state index in [1.807, 2.05) is 27.7 Å². The van der Waals surface area contributed by atoms with Gasteiger partial charge in [-0.3, -0.25) is 9.78 Å². The van der Waals surface area contributed by atoms with Crippen molar-refractivity contribution < 1.29 is 14.3 Å². The van der Waals surface area contributed by atoms with Gasteiger partial charge in [0.25, 0.3) is 0 Å². The van der Waals surface area contributed by atoms with Crippen LogP contribution < -0.4 is 10.2 Å². The number of amides is 1. The minimum Gasteiger partial charge on any atom is -0.444 e. The summed E-state index contributed by atoms with van der Waals surface area (Å²) in [6.45, 7) is 8.88. The molecule has 0 aromatic carbocycles. The van der Waals surface area contributed by atoms with Gasteiger partial charge < -0.3 is 15.0 Å². The molecule has 1 N–H and O–H groups in total. The van der Waals surface area contributed by atoms with Crippen molar-refractivity contribution in [3.05, 3.63) is 21.9 Å². The van der Waals surface area contributed by atoms with E-state index in [-0.39, 0.29) is 12.1 Å². The Labute approximate surface area is 151 Å². The molecule has 0 saturated carbocycles. The van der Waals surface area contributed by atoms with Crippen molar-refractivity contribution in [1.82, 2.24) is 10.3 Å². The van der Waals surface area contributed by atoms with Gasteiger partial charge >= 0.3 is 6.09 Å². The van der Waals surface area contributed by atoms with Crippen LogP contribution in [0.5, 0.6) is 0 Å². The summed E-state index contributed by atoms with van der Waals surface area (Å²) < 4.78 is 6.11. The van der Waals surface area contributed by atoms with Crippen LogP contribution in [-0.4, -0.2) is 42.1 Å². The van der Waals surface area contributed by atoms with E-state index in [4.69, 9.17) is 4.74 Å². The maximum atomic E-state index is 11.9. The van der Waals surface area contributed by atoms with Gasteiger partial charge in [-0.15, -0.1) is 0 Å². The second-order valence-corrected chi connectivity index (χ2v) is 7.83. The number of ether oxygens (including phenoxy) is 1. The Hall–Kier alpha value is -1.63. The van der Waals surface area contributed by atoms with Gasteiger partial charge in [0.15, 0.2) is 6.29 Å². The van der Waals surface area contributed by atoms with E-state index < -0.39 is 5.60 Å². The van der Waals surface area contributed by atoms with Crippen LogP contribution in [0.3, 0.4) is 0 Å². The summed E-state index contributed by atoms with van der Waals surface area (Å²) in [6.07, 6.45) is 3.79. The number of hydrogen-bond donors (Lipinski definition) is 1. The van der Waals surface area contributed by atoms with Crippen LogP contribution in [0.1, 0.15) is 49.7 Å². The predicted molar refractivity (Wildman–Crippen MR) is 96.7 cm³/mol. The maximum Gasteiger partial charge on any atom is 0.407 e. The van der Waals surface area contributed by atoms with Crippen molar-refractivity contribution in [1.29, 1.82) is 0 Å². The number of anilines is 1. The van der Waals surface area contributed by atoms with Crippen LogP contribution in [0.25, 0.3) is 0 Å². The SMILES string of the molecule is Cc1ncc(Br)c(N2CCC(NC(=O)OC(C)(C)C)CC2)c1C=O. The van der Waals surface area contributed by atoms with Crippen LogP contribution >= 0.6 is 15.9 Å². The molecule has 132 valence electrons. The molecule has 1 aromatic rings. The summed E-state index contributed by atoms with van der Waals surface area (Å²) in [5, 5.41) is 2.92. The molecular formula is C17H24BrN3O3. The Morgan fingerprint density at radius 2 is 2.04 bits per heavy atom. The third-order valence-corrected chi connectivity index (χ3v) is 4.47. The Balaban J connectivity index is 2.00. The Morgan fingerprint density at radius 3 is 2.58 bits per heavy atom. The van der Waals surface area contributed by atoms with Crippen molar-refractivity contribution in [3.63, 3.8) is 0 Å². The summed E-state index contributed by atoms with van der Waals surface area (Å²) in [7, 11) is 0. The second kappa shape index (κ2) is 7.51. The molecule has 0 bridgehead atoms. The predicted octanol–water partition coefficient (Wildman–Crippen LogP) is 3.46. The minimum atomic E-state index is -0.497.